The third kappa shape index (κ3) is 5.19. The number of urea groups is 1. The summed E-state index contributed by atoms with van der Waals surface area (Å²) in [5.41, 5.74) is 0.494. The number of nitrogens with one attached hydrogen (secondary N) is 2. The minimum absolute atomic E-state index is 0.494. The van der Waals surface area contributed by atoms with E-state index >= 15 is 0 Å². The first kappa shape index (κ1) is 15.8. The highest BCUT2D eigenvalue weighted by Gasteiger charge is 2.22. The molecule has 0 bridgehead atoms. The van der Waals surface area contributed by atoms with Crippen molar-refractivity contribution in [2.24, 2.45) is 0 Å². The average molecular weight is 298 g/mol. The number of carbonyl (C=O) groups excluding carboxylic acids is 1. The molecule has 0 heterocycles. The van der Waals surface area contributed by atoms with Crippen LogP contribution in [0.4, 0.5) is 10.5 Å². The Morgan fingerprint density at radius 1 is 1.30 bits per heavy atom. The van der Waals surface area contributed by atoms with Crippen molar-refractivity contribution in [3.63, 3.8) is 0 Å². The van der Waals surface area contributed by atoms with Crippen LogP contribution in [0.3, 0.4) is 0 Å². The number of carbonyl (C=O) groups is 3. The Labute approximate surface area is 119 Å². The topological polar surface area (TPSA) is 116 Å². The molecule has 0 aliphatic rings. The summed E-state index contributed by atoms with van der Waals surface area (Å²) in [7, 11) is 0. The van der Waals surface area contributed by atoms with Gasteiger partial charge in [0.05, 0.1) is 6.42 Å². The third-order valence-electron chi connectivity index (χ3n) is 2.31. The van der Waals surface area contributed by atoms with Gasteiger partial charge in [0, 0.05) is 10.6 Å². The van der Waals surface area contributed by atoms with E-state index in [4.69, 9.17) is 10.2 Å². The van der Waals surface area contributed by atoms with Crippen molar-refractivity contribution < 1.29 is 24.6 Å². The maximum absolute atomic E-state index is 11.6. The van der Waals surface area contributed by atoms with E-state index in [0.29, 0.717) is 5.69 Å². The summed E-state index contributed by atoms with van der Waals surface area (Å²) < 4.78 is 0. The smallest absolute Gasteiger partial charge is 0.326 e. The quantitative estimate of drug-likeness (QED) is 0.591. The molecule has 0 aliphatic carbocycles. The van der Waals surface area contributed by atoms with Crippen LogP contribution in [-0.2, 0) is 9.59 Å². The standard InChI is InChI=1S/C12H14N2O5S/c1-20-8-4-2-3-7(5-8)13-12(19)14-9(11(17)18)6-10(15)16/h2-5,9H,6H2,1H3,(H,15,16)(H,17,18)(H2,13,14,19). The van der Waals surface area contributed by atoms with Crippen LogP contribution in [0.25, 0.3) is 0 Å². The molecule has 0 fully saturated rings. The number of rotatable bonds is 6. The molecule has 7 nitrogen and oxygen atoms in total. The molecule has 0 aliphatic heterocycles. The molecule has 108 valence electrons. The minimum Gasteiger partial charge on any atom is -0.481 e. The Morgan fingerprint density at radius 2 is 2.00 bits per heavy atom. The molecule has 1 rings (SSSR count). The molecule has 4 N–H and O–H groups in total. The number of benzene rings is 1. The highest BCUT2D eigenvalue weighted by Crippen LogP contribution is 2.18. The zero-order valence-electron chi connectivity index (χ0n) is 10.6. The fourth-order valence-corrected chi connectivity index (χ4v) is 1.86. The van der Waals surface area contributed by atoms with E-state index < -0.39 is 30.4 Å². The first-order chi connectivity index (χ1) is 9.42. The lowest BCUT2D eigenvalue weighted by molar-refractivity contribution is -0.145. The molecule has 0 saturated heterocycles. The third-order valence-corrected chi connectivity index (χ3v) is 3.04. The van der Waals surface area contributed by atoms with Gasteiger partial charge < -0.3 is 20.8 Å². The summed E-state index contributed by atoms with van der Waals surface area (Å²) >= 11 is 1.49. The van der Waals surface area contributed by atoms with E-state index in [-0.39, 0.29) is 0 Å². The lowest BCUT2D eigenvalue weighted by Crippen LogP contribution is -2.44. The fraction of sp³-hybridized carbons (Fsp3) is 0.250. The van der Waals surface area contributed by atoms with Crippen molar-refractivity contribution >= 4 is 35.4 Å². The summed E-state index contributed by atoms with van der Waals surface area (Å²) in [6, 6.07) is 4.72. The number of anilines is 1. The average Bonchev–Trinajstić information content (AvgIpc) is 2.37. The van der Waals surface area contributed by atoms with Crippen molar-refractivity contribution in [1.29, 1.82) is 0 Å². The van der Waals surface area contributed by atoms with Crippen LogP contribution in [0, 0.1) is 0 Å². The second kappa shape index (κ2) is 7.39. The molecule has 8 heteroatoms. The van der Waals surface area contributed by atoms with Crippen molar-refractivity contribution in [3.05, 3.63) is 24.3 Å². The van der Waals surface area contributed by atoms with Gasteiger partial charge >= 0.3 is 18.0 Å². The van der Waals surface area contributed by atoms with E-state index in [0.717, 1.165) is 4.90 Å². The molecule has 2 amide bonds. The van der Waals surface area contributed by atoms with Crippen LogP contribution in [0.2, 0.25) is 0 Å². The molecule has 0 saturated carbocycles. The zero-order valence-corrected chi connectivity index (χ0v) is 11.4. The number of hydrogen-bond donors (Lipinski definition) is 4. The highest BCUT2D eigenvalue weighted by atomic mass is 32.2. The lowest BCUT2D eigenvalue weighted by Gasteiger charge is -2.13. The van der Waals surface area contributed by atoms with E-state index in [1.807, 2.05) is 12.3 Å². The van der Waals surface area contributed by atoms with Gasteiger partial charge in [-0.25, -0.2) is 9.59 Å². The van der Waals surface area contributed by atoms with Gasteiger partial charge in [-0.05, 0) is 24.5 Å². The Kier molecular flexibility index (Phi) is 5.85. The van der Waals surface area contributed by atoms with E-state index in [2.05, 4.69) is 10.6 Å². The molecule has 1 unspecified atom stereocenters. The molecule has 1 aromatic carbocycles. The van der Waals surface area contributed by atoms with Crippen LogP contribution >= 0.6 is 11.8 Å². The summed E-state index contributed by atoms with van der Waals surface area (Å²) in [6.45, 7) is 0. The highest BCUT2D eigenvalue weighted by molar-refractivity contribution is 7.98. The summed E-state index contributed by atoms with van der Waals surface area (Å²) in [6.07, 6.45) is 1.19. The number of amides is 2. The Bertz CT molecular complexity index is 520. The van der Waals surface area contributed by atoms with Gasteiger partial charge in [-0.3, -0.25) is 4.79 Å². The molecule has 20 heavy (non-hydrogen) atoms. The number of aliphatic carboxylic acids is 2. The van der Waals surface area contributed by atoms with Gasteiger partial charge in [0.15, 0.2) is 0 Å². The lowest BCUT2D eigenvalue weighted by atomic mass is 10.2. The van der Waals surface area contributed by atoms with Crippen molar-refractivity contribution in [1.82, 2.24) is 5.32 Å². The molecular weight excluding hydrogens is 284 g/mol. The van der Waals surface area contributed by atoms with Gasteiger partial charge in [0.2, 0.25) is 0 Å². The van der Waals surface area contributed by atoms with Crippen LogP contribution < -0.4 is 10.6 Å². The van der Waals surface area contributed by atoms with Crippen LogP contribution in [0.1, 0.15) is 6.42 Å². The molecule has 0 spiro atoms. The Balaban J connectivity index is 2.65. The predicted octanol–water partition coefficient (Wildman–Crippen LogP) is 1.46. The number of carboxylic acid groups (broad SMARTS) is 2. The maximum atomic E-state index is 11.6. The zero-order chi connectivity index (χ0) is 15.1. The van der Waals surface area contributed by atoms with Gasteiger partial charge in [-0.15, -0.1) is 11.8 Å². The van der Waals surface area contributed by atoms with Gasteiger partial charge in [-0.1, -0.05) is 6.07 Å². The van der Waals surface area contributed by atoms with Gasteiger partial charge in [-0.2, -0.15) is 0 Å². The van der Waals surface area contributed by atoms with Gasteiger partial charge in [0.1, 0.15) is 6.04 Å². The first-order valence-corrected chi connectivity index (χ1v) is 6.81. The van der Waals surface area contributed by atoms with E-state index in [9.17, 15) is 14.4 Å². The largest absolute Gasteiger partial charge is 0.481 e. The van der Waals surface area contributed by atoms with Crippen LogP contribution in [-0.4, -0.2) is 40.5 Å². The van der Waals surface area contributed by atoms with Crippen molar-refractivity contribution in [2.45, 2.75) is 17.4 Å². The summed E-state index contributed by atoms with van der Waals surface area (Å²) in [5.74, 6) is -2.71. The SMILES string of the molecule is CSc1cccc(NC(=O)NC(CC(=O)O)C(=O)O)c1. The number of thioether (sulfide) groups is 1. The summed E-state index contributed by atoms with van der Waals surface area (Å²) in [5, 5.41) is 21.9. The van der Waals surface area contributed by atoms with E-state index in [1.165, 1.54) is 11.8 Å². The second-order valence-electron chi connectivity index (χ2n) is 3.82. The van der Waals surface area contributed by atoms with Gasteiger partial charge in [0.25, 0.3) is 0 Å². The molecule has 1 atom stereocenters. The number of carboxylic acids is 2. The second-order valence-corrected chi connectivity index (χ2v) is 4.70. The van der Waals surface area contributed by atoms with Crippen LogP contribution in [0.5, 0.6) is 0 Å². The monoisotopic (exact) mass is 298 g/mol. The Hall–Kier alpha value is -2.22. The number of hydrogen-bond acceptors (Lipinski definition) is 4. The molecule has 0 aromatic heterocycles. The van der Waals surface area contributed by atoms with E-state index in [1.54, 1.807) is 18.2 Å². The normalized spacial score (nSPS) is 11.4. The molecule has 0 radical (unpaired) electrons. The predicted molar refractivity (Wildman–Crippen MR) is 74.1 cm³/mol. The van der Waals surface area contributed by atoms with Crippen molar-refractivity contribution in [3.8, 4) is 0 Å². The van der Waals surface area contributed by atoms with Crippen LogP contribution in [0.15, 0.2) is 29.2 Å². The summed E-state index contributed by atoms with van der Waals surface area (Å²) in [4.78, 5) is 33.9. The Morgan fingerprint density at radius 3 is 2.55 bits per heavy atom. The fourth-order valence-electron chi connectivity index (χ4n) is 1.40. The van der Waals surface area contributed by atoms with Crippen molar-refractivity contribution in [2.75, 3.05) is 11.6 Å². The first-order valence-electron chi connectivity index (χ1n) is 5.58. The molecule has 1 aromatic rings. The maximum Gasteiger partial charge on any atom is 0.326 e. The molecular formula is C12H14N2O5S. The minimum atomic E-state index is -1.48.